The number of hydrogen-bond acceptors (Lipinski definition) is 6. The van der Waals surface area contributed by atoms with Gasteiger partial charge >= 0.3 is 5.97 Å². The van der Waals surface area contributed by atoms with Crippen molar-refractivity contribution in [1.82, 2.24) is 15.0 Å². The number of hydrogen-bond donors (Lipinski definition) is 3. The van der Waals surface area contributed by atoms with E-state index < -0.39 is 5.97 Å². The molecule has 3 aromatic rings. The molecular weight excluding hydrogens is 342 g/mol. The molecule has 0 radical (unpaired) electrons. The minimum Gasteiger partial charge on any atom is -0.481 e. The Bertz CT molecular complexity index is 889. The number of nitrogens with zero attached hydrogens (tertiary/aromatic N) is 3. The molecule has 3 rings (SSSR count). The number of halogens is 1. The zero-order chi connectivity index (χ0) is 17.6. The van der Waals surface area contributed by atoms with E-state index in [4.69, 9.17) is 16.7 Å². The van der Waals surface area contributed by atoms with E-state index in [9.17, 15) is 4.79 Å². The molecule has 3 N–H and O–H groups in total. The second-order valence-corrected chi connectivity index (χ2v) is 5.78. The van der Waals surface area contributed by atoms with Gasteiger partial charge in [0.1, 0.15) is 5.82 Å². The van der Waals surface area contributed by atoms with Crippen molar-refractivity contribution in [1.29, 1.82) is 0 Å². The lowest BCUT2D eigenvalue weighted by molar-refractivity contribution is -0.136. The summed E-state index contributed by atoms with van der Waals surface area (Å²) in [6, 6.07) is 9.18. The van der Waals surface area contributed by atoms with E-state index in [-0.39, 0.29) is 13.0 Å². The van der Waals surface area contributed by atoms with Gasteiger partial charge in [-0.2, -0.15) is 4.98 Å². The number of carbonyl (C=O) groups is 1. The Hall–Kier alpha value is -2.93. The van der Waals surface area contributed by atoms with Crippen LogP contribution in [-0.2, 0) is 11.3 Å². The Balaban J connectivity index is 1.87. The fourth-order valence-electron chi connectivity index (χ4n) is 2.28. The molecule has 1 aromatic carbocycles. The van der Waals surface area contributed by atoms with E-state index in [2.05, 4.69) is 25.6 Å². The molecule has 0 aliphatic heterocycles. The highest BCUT2D eigenvalue weighted by Gasteiger charge is 2.09. The van der Waals surface area contributed by atoms with Crippen molar-refractivity contribution in [2.24, 2.45) is 0 Å². The summed E-state index contributed by atoms with van der Waals surface area (Å²) in [5.74, 6) is 0.105. The standard InChI is InChI=1S/C17H16ClN5O2/c18-12-3-4-14-13(8-12)16(21-10-11-2-1-6-19-9-11)23-17(22-14)20-7-5-15(24)25/h1-4,6,8-9H,5,7,10H2,(H,24,25)(H2,20,21,22,23). The molecule has 0 amide bonds. The fraction of sp³-hybridized carbons (Fsp3) is 0.176. The van der Waals surface area contributed by atoms with Crippen LogP contribution >= 0.6 is 11.6 Å². The number of rotatable bonds is 7. The van der Waals surface area contributed by atoms with Crippen molar-refractivity contribution in [3.05, 3.63) is 53.3 Å². The van der Waals surface area contributed by atoms with Gasteiger partial charge in [-0.1, -0.05) is 17.7 Å². The van der Waals surface area contributed by atoms with Crippen LogP contribution < -0.4 is 10.6 Å². The maximum absolute atomic E-state index is 10.7. The van der Waals surface area contributed by atoms with Gasteiger partial charge in [0.15, 0.2) is 0 Å². The third-order valence-corrected chi connectivity index (χ3v) is 3.70. The van der Waals surface area contributed by atoms with E-state index in [0.29, 0.717) is 28.9 Å². The molecule has 0 saturated heterocycles. The Morgan fingerprint density at radius 1 is 1.20 bits per heavy atom. The molecule has 0 saturated carbocycles. The zero-order valence-corrected chi connectivity index (χ0v) is 14.0. The number of fused-ring (bicyclic) bond motifs is 1. The van der Waals surface area contributed by atoms with Crippen LogP contribution in [0.4, 0.5) is 11.8 Å². The quantitative estimate of drug-likeness (QED) is 0.597. The Kier molecular flexibility index (Phi) is 5.25. The topological polar surface area (TPSA) is 100 Å². The van der Waals surface area contributed by atoms with E-state index in [1.807, 2.05) is 12.1 Å². The minimum absolute atomic E-state index is 0.0134. The first-order valence-corrected chi connectivity index (χ1v) is 8.05. The van der Waals surface area contributed by atoms with Crippen LogP contribution in [0.2, 0.25) is 5.02 Å². The van der Waals surface area contributed by atoms with Crippen molar-refractivity contribution in [2.75, 3.05) is 17.2 Å². The maximum atomic E-state index is 10.7. The van der Waals surface area contributed by atoms with Crippen LogP contribution in [0.1, 0.15) is 12.0 Å². The Labute approximate surface area is 149 Å². The predicted molar refractivity (Wildman–Crippen MR) is 96.9 cm³/mol. The van der Waals surface area contributed by atoms with Crippen LogP contribution in [0.3, 0.4) is 0 Å². The van der Waals surface area contributed by atoms with Gasteiger partial charge in [-0.3, -0.25) is 9.78 Å². The van der Waals surface area contributed by atoms with Gasteiger partial charge in [-0.25, -0.2) is 4.98 Å². The average molecular weight is 358 g/mol. The molecule has 0 unspecified atom stereocenters. The van der Waals surface area contributed by atoms with Crippen molar-refractivity contribution in [3.63, 3.8) is 0 Å². The van der Waals surface area contributed by atoms with Crippen molar-refractivity contribution in [3.8, 4) is 0 Å². The van der Waals surface area contributed by atoms with Crippen molar-refractivity contribution >= 4 is 40.2 Å². The lowest BCUT2D eigenvalue weighted by Gasteiger charge is -2.12. The Morgan fingerprint density at radius 2 is 2.08 bits per heavy atom. The van der Waals surface area contributed by atoms with Crippen LogP contribution in [0, 0.1) is 0 Å². The third kappa shape index (κ3) is 4.54. The lowest BCUT2D eigenvalue weighted by atomic mass is 10.2. The third-order valence-electron chi connectivity index (χ3n) is 3.46. The van der Waals surface area contributed by atoms with Crippen LogP contribution in [-0.4, -0.2) is 32.6 Å². The molecule has 0 fully saturated rings. The number of carboxylic acids is 1. The first-order valence-electron chi connectivity index (χ1n) is 7.67. The largest absolute Gasteiger partial charge is 0.481 e. The molecule has 0 aliphatic rings. The molecule has 2 aromatic heterocycles. The number of benzene rings is 1. The molecule has 0 atom stereocenters. The summed E-state index contributed by atoms with van der Waals surface area (Å²) in [7, 11) is 0. The number of nitrogens with one attached hydrogen (secondary N) is 2. The van der Waals surface area contributed by atoms with Gasteiger partial charge in [0.05, 0.1) is 11.9 Å². The normalized spacial score (nSPS) is 10.6. The first kappa shape index (κ1) is 16.9. The molecule has 7 nitrogen and oxygen atoms in total. The number of aromatic nitrogens is 3. The summed E-state index contributed by atoms with van der Waals surface area (Å²) in [6.07, 6.45) is 3.48. The molecule has 8 heteroatoms. The van der Waals surface area contributed by atoms with Crippen molar-refractivity contribution in [2.45, 2.75) is 13.0 Å². The molecule has 2 heterocycles. The van der Waals surface area contributed by atoms with E-state index >= 15 is 0 Å². The van der Waals surface area contributed by atoms with Crippen molar-refractivity contribution < 1.29 is 9.90 Å². The van der Waals surface area contributed by atoms with Crippen LogP contribution in [0.25, 0.3) is 10.9 Å². The second-order valence-electron chi connectivity index (χ2n) is 5.34. The lowest BCUT2D eigenvalue weighted by Crippen LogP contribution is -2.11. The number of anilines is 2. The SMILES string of the molecule is O=C(O)CCNc1nc(NCc2cccnc2)c2cc(Cl)ccc2n1. The zero-order valence-electron chi connectivity index (χ0n) is 13.2. The Morgan fingerprint density at radius 3 is 2.84 bits per heavy atom. The van der Waals surface area contributed by atoms with Gasteiger partial charge in [0, 0.05) is 35.9 Å². The monoisotopic (exact) mass is 357 g/mol. The summed E-state index contributed by atoms with van der Waals surface area (Å²) in [5.41, 5.74) is 1.72. The van der Waals surface area contributed by atoms with Gasteiger partial charge < -0.3 is 15.7 Å². The minimum atomic E-state index is -0.880. The highest BCUT2D eigenvalue weighted by molar-refractivity contribution is 6.31. The maximum Gasteiger partial charge on any atom is 0.305 e. The smallest absolute Gasteiger partial charge is 0.305 e. The number of carboxylic acid groups (broad SMARTS) is 1. The second kappa shape index (κ2) is 7.76. The number of aliphatic carboxylic acids is 1. The molecular formula is C17H16ClN5O2. The highest BCUT2D eigenvalue weighted by Crippen LogP contribution is 2.25. The summed E-state index contributed by atoms with van der Waals surface area (Å²) in [5, 5.41) is 16.3. The molecule has 0 bridgehead atoms. The first-order chi connectivity index (χ1) is 12.1. The van der Waals surface area contributed by atoms with E-state index in [1.165, 1.54) is 0 Å². The summed E-state index contributed by atoms with van der Waals surface area (Å²) in [4.78, 5) is 23.6. The number of pyridine rings is 1. The van der Waals surface area contributed by atoms with Crippen LogP contribution in [0.5, 0.6) is 0 Å². The molecule has 25 heavy (non-hydrogen) atoms. The average Bonchev–Trinajstić information content (AvgIpc) is 2.60. The summed E-state index contributed by atoms with van der Waals surface area (Å²) in [6.45, 7) is 0.789. The summed E-state index contributed by atoms with van der Waals surface area (Å²) < 4.78 is 0. The van der Waals surface area contributed by atoms with E-state index in [0.717, 1.165) is 10.9 Å². The van der Waals surface area contributed by atoms with E-state index in [1.54, 1.807) is 30.6 Å². The molecule has 0 spiro atoms. The van der Waals surface area contributed by atoms with Crippen LogP contribution in [0.15, 0.2) is 42.7 Å². The highest BCUT2D eigenvalue weighted by atomic mass is 35.5. The van der Waals surface area contributed by atoms with Gasteiger partial charge in [0.25, 0.3) is 0 Å². The van der Waals surface area contributed by atoms with Gasteiger partial charge in [-0.15, -0.1) is 0 Å². The molecule has 0 aliphatic carbocycles. The van der Waals surface area contributed by atoms with Gasteiger partial charge in [-0.05, 0) is 29.8 Å². The summed E-state index contributed by atoms with van der Waals surface area (Å²) >= 11 is 6.09. The predicted octanol–water partition coefficient (Wildman–Crippen LogP) is 3.18. The molecule has 128 valence electrons. The fourth-order valence-corrected chi connectivity index (χ4v) is 2.46. The van der Waals surface area contributed by atoms with Gasteiger partial charge in [0.2, 0.25) is 5.95 Å².